The van der Waals surface area contributed by atoms with Gasteiger partial charge >= 0.3 is 0 Å². The number of phenols is 1. The molecule has 0 aliphatic heterocycles. The van der Waals surface area contributed by atoms with Crippen LogP contribution in [0.4, 0.5) is 17.3 Å². The topological polar surface area (TPSA) is 125 Å². The van der Waals surface area contributed by atoms with Crippen molar-refractivity contribution in [3.05, 3.63) is 60.6 Å². The largest absolute Gasteiger partial charge is 0.508 e. The number of para-hydroxylation sites is 2. The van der Waals surface area contributed by atoms with Crippen molar-refractivity contribution in [3.8, 4) is 5.75 Å². The zero-order valence-electron chi connectivity index (χ0n) is 17.8. The van der Waals surface area contributed by atoms with Gasteiger partial charge in [-0.05, 0) is 43.9 Å². The highest BCUT2D eigenvalue weighted by Crippen LogP contribution is 2.29. The molecule has 4 aromatic rings. The summed E-state index contributed by atoms with van der Waals surface area (Å²) in [5.74, 6) is 0.299. The summed E-state index contributed by atoms with van der Waals surface area (Å²) in [5, 5.41) is 13.1. The van der Waals surface area contributed by atoms with Crippen molar-refractivity contribution in [2.75, 3.05) is 24.1 Å². The van der Waals surface area contributed by atoms with Crippen molar-refractivity contribution in [1.29, 1.82) is 0 Å². The zero-order valence-corrected chi connectivity index (χ0v) is 18.6. The molecule has 166 valence electrons. The zero-order chi connectivity index (χ0) is 22.9. The van der Waals surface area contributed by atoms with E-state index in [-0.39, 0.29) is 22.4 Å². The Kier molecular flexibility index (Phi) is 5.68. The lowest BCUT2D eigenvalue weighted by Gasteiger charge is -2.15. The van der Waals surface area contributed by atoms with Crippen molar-refractivity contribution in [1.82, 2.24) is 24.4 Å². The quantitative estimate of drug-likeness (QED) is 0.390. The van der Waals surface area contributed by atoms with E-state index < -0.39 is 10.0 Å². The van der Waals surface area contributed by atoms with E-state index in [1.54, 1.807) is 35.9 Å². The maximum absolute atomic E-state index is 12.9. The highest BCUT2D eigenvalue weighted by molar-refractivity contribution is 7.92. The number of hydrogen-bond donors (Lipinski definition) is 3. The number of nitrogens with one attached hydrogen (secondary N) is 2. The molecule has 2 aromatic heterocycles. The van der Waals surface area contributed by atoms with Gasteiger partial charge in [-0.1, -0.05) is 12.1 Å². The van der Waals surface area contributed by atoms with Crippen LogP contribution in [0.1, 0.15) is 5.56 Å². The molecule has 0 spiro atoms. The van der Waals surface area contributed by atoms with Crippen molar-refractivity contribution >= 4 is 38.4 Å². The lowest BCUT2D eigenvalue weighted by atomic mass is 10.1. The third-order valence-corrected chi connectivity index (χ3v) is 5.72. The molecule has 0 unspecified atom stereocenters. The predicted molar refractivity (Wildman–Crippen MR) is 122 cm³/mol. The average Bonchev–Trinajstić information content (AvgIpc) is 3.14. The lowest BCUT2D eigenvalue weighted by Crippen LogP contribution is -2.16. The van der Waals surface area contributed by atoms with Gasteiger partial charge in [0.1, 0.15) is 5.75 Å². The fourth-order valence-corrected chi connectivity index (χ4v) is 4.20. The van der Waals surface area contributed by atoms with E-state index in [0.717, 1.165) is 5.56 Å². The molecule has 0 saturated heterocycles. The number of aryl methyl sites for hydroxylation is 1. The Bertz CT molecular complexity index is 1380. The first kappa shape index (κ1) is 21.5. The molecule has 32 heavy (non-hydrogen) atoms. The minimum absolute atomic E-state index is 0.0202. The fraction of sp³-hybridized carbons (Fsp3) is 0.190. The first-order chi connectivity index (χ1) is 15.2. The maximum atomic E-state index is 12.9. The number of imidazole rings is 1. The second-order valence-electron chi connectivity index (χ2n) is 7.64. The Morgan fingerprint density at radius 3 is 2.38 bits per heavy atom. The molecule has 3 N–H and O–H groups in total. The van der Waals surface area contributed by atoms with Crippen LogP contribution in [0, 0.1) is 0 Å². The summed E-state index contributed by atoms with van der Waals surface area (Å²) in [6.45, 7) is 0.617. The smallest absolute Gasteiger partial charge is 0.282 e. The van der Waals surface area contributed by atoms with Crippen LogP contribution in [0.25, 0.3) is 11.0 Å². The molecule has 0 bridgehead atoms. The van der Waals surface area contributed by atoms with Crippen LogP contribution in [0.2, 0.25) is 0 Å². The van der Waals surface area contributed by atoms with E-state index in [9.17, 15) is 13.5 Å². The SMILES string of the molecule is CN(C)Cc1cc(O)cc(Nc2nc3ccccc3nc2NS(=O)(=O)c2cn(C)cn2)c1. The van der Waals surface area contributed by atoms with Gasteiger partial charge < -0.3 is 19.9 Å². The van der Waals surface area contributed by atoms with E-state index in [0.29, 0.717) is 23.3 Å². The first-order valence-corrected chi connectivity index (χ1v) is 11.2. The van der Waals surface area contributed by atoms with Gasteiger partial charge in [0.25, 0.3) is 10.0 Å². The van der Waals surface area contributed by atoms with Crippen molar-refractivity contribution in [3.63, 3.8) is 0 Å². The van der Waals surface area contributed by atoms with E-state index in [4.69, 9.17) is 0 Å². The van der Waals surface area contributed by atoms with Gasteiger partial charge in [0.2, 0.25) is 0 Å². The lowest BCUT2D eigenvalue weighted by molar-refractivity contribution is 0.400. The number of nitrogens with zero attached hydrogens (tertiary/aromatic N) is 5. The molecule has 4 rings (SSSR count). The summed E-state index contributed by atoms with van der Waals surface area (Å²) in [4.78, 5) is 14.9. The number of hydrogen-bond acceptors (Lipinski definition) is 8. The molecular formula is C21H23N7O3S. The van der Waals surface area contributed by atoms with Crippen LogP contribution in [0.15, 0.2) is 60.0 Å². The van der Waals surface area contributed by atoms with Crippen LogP contribution in [-0.2, 0) is 23.6 Å². The summed E-state index contributed by atoms with van der Waals surface area (Å²) in [7, 11) is 1.55. The highest BCUT2D eigenvalue weighted by Gasteiger charge is 2.21. The molecule has 0 atom stereocenters. The molecule has 0 fully saturated rings. The van der Waals surface area contributed by atoms with Gasteiger partial charge in [-0.2, -0.15) is 8.42 Å². The van der Waals surface area contributed by atoms with E-state index in [1.165, 1.54) is 18.6 Å². The number of benzene rings is 2. The molecule has 2 aromatic carbocycles. The van der Waals surface area contributed by atoms with Crippen molar-refractivity contribution < 1.29 is 13.5 Å². The fourth-order valence-electron chi connectivity index (χ4n) is 3.20. The van der Waals surface area contributed by atoms with E-state index in [2.05, 4.69) is 25.0 Å². The monoisotopic (exact) mass is 453 g/mol. The highest BCUT2D eigenvalue weighted by atomic mass is 32.2. The summed E-state index contributed by atoms with van der Waals surface area (Å²) in [5.41, 5.74) is 2.54. The number of rotatable bonds is 7. The molecule has 2 heterocycles. The molecule has 0 radical (unpaired) electrons. The van der Waals surface area contributed by atoms with Crippen LogP contribution >= 0.6 is 0 Å². The molecular weight excluding hydrogens is 430 g/mol. The summed E-state index contributed by atoms with van der Waals surface area (Å²) >= 11 is 0. The molecule has 0 amide bonds. The standard InChI is InChI=1S/C21H23N7O3S/c1-27(2)11-14-8-15(10-16(29)9-14)23-20-21(25-18-7-5-4-6-17(18)24-20)26-32(30,31)19-12-28(3)13-22-19/h4-10,12-13,29H,11H2,1-3H3,(H,23,24)(H,25,26). The average molecular weight is 454 g/mol. The van der Waals surface area contributed by atoms with Crippen LogP contribution in [0.3, 0.4) is 0 Å². The Labute approximate surface area is 185 Å². The minimum Gasteiger partial charge on any atom is -0.508 e. The number of sulfonamides is 1. The second-order valence-corrected chi connectivity index (χ2v) is 9.27. The molecule has 0 aliphatic carbocycles. The van der Waals surface area contributed by atoms with Gasteiger partial charge in [0, 0.05) is 31.5 Å². The molecule has 10 nitrogen and oxygen atoms in total. The Morgan fingerprint density at radius 1 is 1.06 bits per heavy atom. The second kappa shape index (κ2) is 8.44. The van der Waals surface area contributed by atoms with Gasteiger partial charge in [-0.25, -0.2) is 15.0 Å². The minimum atomic E-state index is -3.99. The summed E-state index contributed by atoms with van der Waals surface area (Å²) < 4.78 is 29.7. The van der Waals surface area contributed by atoms with E-state index in [1.807, 2.05) is 31.1 Å². The number of anilines is 3. The third kappa shape index (κ3) is 4.79. The third-order valence-electron chi connectivity index (χ3n) is 4.50. The normalized spacial score (nSPS) is 11.8. The van der Waals surface area contributed by atoms with Crippen LogP contribution < -0.4 is 10.0 Å². The van der Waals surface area contributed by atoms with Gasteiger partial charge in [-0.15, -0.1) is 0 Å². The predicted octanol–water partition coefficient (Wildman–Crippen LogP) is 2.67. The van der Waals surface area contributed by atoms with Crippen molar-refractivity contribution in [2.24, 2.45) is 7.05 Å². The van der Waals surface area contributed by atoms with Crippen molar-refractivity contribution in [2.45, 2.75) is 11.6 Å². The molecule has 0 aliphatic rings. The van der Waals surface area contributed by atoms with Gasteiger partial charge in [0.15, 0.2) is 16.7 Å². The number of aromatic hydroxyl groups is 1. The number of aromatic nitrogens is 4. The Morgan fingerprint density at radius 2 is 1.75 bits per heavy atom. The van der Waals surface area contributed by atoms with E-state index >= 15 is 0 Å². The summed E-state index contributed by atoms with van der Waals surface area (Å²) in [6.07, 6.45) is 2.80. The molecule has 0 saturated carbocycles. The summed E-state index contributed by atoms with van der Waals surface area (Å²) in [6, 6.07) is 12.2. The Balaban J connectivity index is 1.76. The number of fused-ring (bicyclic) bond motifs is 1. The Hall–Kier alpha value is -3.70. The van der Waals surface area contributed by atoms with Crippen LogP contribution in [0.5, 0.6) is 5.75 Å². The number of phenolic OH excluding ortho intramolecular Hbond substituents is 1. The van der Waals surface area contributed by atoms with Gasteiger partial charge in [0.05, 0.1) is 17.4 Å². The van der Waals surface area contributed by atoms with Crippen LogP contribution in [-0.4, -0.2) is 52.0 Å². The molecule has 11 heteroatoms. The van der Waals surface area contributed by atoms with Gasteiger partial charge in [-0.3, -0.25) is 4.72 Å². The first-order valence-electron chi connectivity index (χ1n) is 9.72. The maximum Gasteiger partial charge on any atom is 0.282 e.